The fourth-order valence-electron chi connectivity index (χ4n) is 1.64. The van der Waals surface area contributed by atoms with E-state index >= 15 is 0 Å². The van der Waals surface area contributed by atoms with Gasteiger partial charge in [-0.1, -0.05) is 5.16 Å². The maximum atomic E-state index is 11.9. The summed E-state index contributed by atoms with van der Waals surface area (Å²) in [6, 6.07) is 5.37. The molecule has 0 unspecified atom stereocenters. The summed E-state index contributed by atoms with van der Waals surface area (Å²) in [5.74, 6) is -0.853. The summed E-state index contributed by atoms with van der Waals surface area (Å²) in [4.78, 5) is 26.7. The number of nitrogens with two attached hydrogens (primary N) is 1. The first-order chi connectivity index (χ1) is 10.9. The van der Waals surface area contributed by atoms with Crippen molar-refractivity contribution in [2.75, 3.05) is 0 Å². The number of carbonyl (C=O) groups is 1. The van der Waals surface area contributed by atoms with Crippen molar-refractivity contribution in [2.24, 2.45) is 10.9 Å². The number of nitro groups is 1. The molecule has 0 aliphatic heterocycles. The second-order valence-electron chi connectivity index (χ2n) is 4.34. The van der Waals surface area contributed by atoms with Crippen molar-refractivity contribution in [2.45, 2.75) is 13.5 Å². The number of oxime groups is 1. The summed E-state index contributed by atoms with van der Waals surface area (Å²) < 4.78 is 2.04. The summed E-state index contributed by atoms with van der Waals surface area (Å²) in [7, 11) is 0. The van der Waals surface area contributed by atoms with Gasteiger partial charge in [-0.25, -0.2) is 4.79 Å². The molecule has 0 saturated carbocycles. The molecule has 0 amide bonds. The fourth-order valence-corrected chi connectivity index (χ4v) is 2.12. The Morgan fingerprint density at radius 1 is 1.48 bits per heavy atom. The lowest BCUT2D eigenvalue weighted by molar-refractivity contribution is -0.384. The van der Waals surface area contributed by atoms with Crippen molar-refractivity contribution in [1.29, 1.82) is 0 Å². The third-order valence-corrected chi connectivity index (χ3v) is 3.42. The van der Waals surface area contributed by atoms with Crippen LogP contribution in [0.5, 0.6) is 0 Å². The predicted octanol–water partition coefficient (Wildman–Crippen LogP) is 2.05. The monoisotopic (exact) mass is 381 g/mol. The van der Waals surface area contributed by atoms with E-state index in [4.69, 9.17) is 10.6 Å². The van der Waals surface area contributed by atoms with Crippen LogP contribution in [0.2, 0.25) is 0 Å². The summed E-state index contributed by atoms with van der Waals surface area (Å²) in [5.41, 5.74) is 6.07. The summed E-state index contributed by atoms with van der Waals surface area (Å²) in [6.07, 6.45) is 1.64. The van der Waals surface area contributed by atoms with Crippen molar-refractivity contribution < 1.29 is 14.6 Å². The molecule has 0 bridgehead atoms. The van der Waals surface area contributed by atoms with Crippen LogP contribution in [-0.2, 0) is 11.4 Å². The van der Waals surface area contributed by atoms with E-state index < -0.39 is 10.9 Å². The van der Waals surface area contributed by atoms with Crippen LogP contribution in [0.3, 0.4) is 0 Å². The number of halogens is 1. The fraction of sp³-hybridized carbons (Fsp3) is 0.154. The lowest BCUT2D eigenvalue weighted by atomic mass is 10.2. The first-order valence-corrected chi connectivity index (χ1v) is 7.24. The number of nitro benzene ring substituents is 1. The topological polar surface area (TPSA) is 126 Å². The molecule has 9 nitrogen and oxygen atoms in total. The van der Waals surface area contributed by atoms with E-state index in [1.54, 1.807) is 10.9 Å². The number of amidine groups is 1. The lowest BCUT2D eigenvalue weighted by Crippen LogP contribution is -2.15. The van der Waals surface area contributed by atoms with Crippen LogP contribution in [0.15, 0.2) is 40.1 Å². The van der Waals surface area contributed by atoms with Crippen LogP contribution in [0.25, 0.3) is 0 Å². The molecule has 2 aromatic rings. The van der Waals surface area contributed by atoms with Crippen LogP contribution in [0, 0.1) is 10.1 Å². The molecule has 120 valence electrons. The minimum Gasteiger partial charge on any atom is -0.380 e. The number of rotatable bonds is 5. The van der Waals surface area contributed by atoms with Gasteiger partial charge in [-0.15, -0.1) is 0 Å². The van der Waals surface area contributed by atoms with Gasteiger partial charge in [0.15, 0.2) is 11.5 Å². The molecule has 0 radical (unpaired) electrons. The van der Waals surface area contributed by atoms with Gasteiger partial charge < -0.3 is 10.6 Å². The van der Waals surface area contributed by atoms with Gasteiger partial charge in [-0.3, -0.25) is 14.8 Å². The van der Waals surface area contributed by atoms with Crippen LogP contribution >= 0.6 is 15.9 Å². The molecule has 2 N–H and O–H groups in total. The molecule has 10 heteroatoms. The van der Waals surface area contributed by atoms with Gasteiger partial charge in [0.05, 0.1) is 9.40 Å². The van der Waals surface area contributed by atoms with Gasteiger partial charge in [0.2, 0.25) is 0 Å². The number of non-ortho nitro benzene ring substituents is 1. The predicted molar refractivity (Wildman–Crippen MR) is 84.8 cm³/mol. The Morgan fingerprint density at radius 3 is 2.65 bits per heavy atom. The minimum absolute atomic E-state index is 0.0760. The number of aromatic nitrogens is 2. The Labute approximate surface area is 139 Å². The molecular formula is C13H12BrN5O4. The number of carbonyl (C=O) groups excluding carboxylic acids is 1. The molecule has 1 aromatic heterocycles. The molecule has 1 aromatic carbocycles. The summed E-state index contributed by atoms with van der Waals surface area (Å²) in [6.45, 7) is 2.47. The van der Waals surface area contributed by atoms with Crippen LogP contribution in [0.4, 0.5) is 5.69 Å². The SMILES string of the molecule is CCn1cc(Br)c(C(=O)O/N=C(\N)c2ccc([N+](=O)[O-])cc2)n1. The smallest absolute Gasteiger partial charge is 0.380 e. The van der Waals surface area contributed by atoms with Crippen molar-refractivity contribution in [3.8, 4) is 0 Å². The van der Waals surface area contributed by atoms with Gasteiger partial charge in [0.25, 0.3) is 5.69 Å². The first-order valence-electron chi connectivity index (χ1n) is 6.45. The van der Waals surface area contributed by atoms with E-state index in [9.17, 15) is 14.9 Å². The third kappa shape index (κ3) is 3.92. The molecule has 0 aliphatic rings. The Balaban J connectivity index is 2.10. The standard InChI is InChI=1S/C13H12BrN5O4/c1-2-18-7-10(14)11(16-18)13(20)23-17-12(15)8-3-5-9(6-4-8)19(21)22/h3-7H,2H2,1H3,(H2,15,17). The van der Waals surface area contributed by atoms with E-state index in [2.05, 4.69) is 26.2 Å². The quantitative estimate of drug-likeness (QED) is 0.277. The highest BCUT2D eigenvalue weighted by Crippen LogP contribution is 2.16. The molecule has 0 spiro atoms. The average molecular weight is 382 g/mol. The molecule has 23 heavy (non-hydrogen) atoms. The maximum Gasteiger partial charge on any atom is 0.387 e. The Kier molecular flexibility index (Phi) is 5.06. The number of benzene rings is 1. The van der Waals surface area contributed by atoms with Gasteiger partial charge in [-0.2, -0.15) is 5.10 Å². The molecular weight excluding hydrogens is 370 g/mol. The highest BCUT2D eigenvalue weighted by atomic mass is 79.9. The second-order valence-corrected chi connectivity index (χ2v) is 5.19. The third-order valence-electron chi connectivity index (χ3n) is 2.84. The highest BCUT2D eigenvalue weighted by Gasteiger charge is 2.17. The molecule has 0 aliphatic carbocycles. The number of hydrogen-bond donors (Lipinski definition) is 1. The zero-order chi connectivity index (χ0) is 17.0. The molecule has 0 atom stereocenters. The highest BCUT2D eigenvalue weighted by molar-refractivity contribution is 9.10. The number of aryl methyl sites for hydroxylation is 1. The lowest BCUT2D eigenvalue weighted by Gasteiger charge is -2.00. The van der Waals surface area contributed by atoms with Crippen molar-refractivity contribution in [1.82, 2.24) is 9.78 Å². The molecule has 1 heterocycles. The van der Waals surface area contributed by atoms with E-state index in [1.165, 1.54) is 24.3 Å². The summed E-state index contributed by atoms with van der Waals surface area (Å²) >= 11 is 3.20. The maximum absolute atomic E-state index is 11.9. The molecule has 0 fully saturated rings. The summed E-state index contributed by atoms with van der Waals surface area (Å²) in [5, 5.41) is 18.1. The zero-order valence-electron chi connectivity index (χ0n) is 12.0. The number of hydrogen-bond acceptors (Lipinski definition) is 6. The van der Waals surface area contributed by atoms with E-state index in [1.807, 2.05) is 6.92 Å². The Morgan fingerprint density at radius 2 is 2.13 bits per heavy atom. The van der Waals surface area contributed by atoms with Crippen LogP contribution in [-0.4, -0.2) is 26.5 Å². The zero-order valence-corrected chi connectivity index (χ0v) is 13.6. The first kappa shape index (κ1) is 16.6. The van der Waals surface area contributed by atoms with Crippen molar-refractivity contribution in [3.05, 3.63) is 56.3 Å². The van der Waals surface area contributed by atoms with E-state index in [0.29, 0.717) is 16.6 Å². The second kappa shape index (κ2) is 7.01. The van der Waals surface area contributed by atoms with Crippen LogP contribution in [0.1, 0.15) is 23.0 Å². The Bertz CT molecular complexity index is 769. The van der Waals surface area contributed by atoms with Gasteiger partial charge in [-0.05, 0) is 35.0 Å². The van der Waals surface area contributed by atoms with E-state index in [-0.39, 0.29) is 17.2 Å². The van der Waals surface area contributed by atoms with Gasteiger partial charge in [0, 0.05) is 30.4 Å². The van der Waals surface area contributed by atoms with Crippen LogP contribution < -0.4 is 5.73 Å². The average Bonchev–Trinajstić information content (AvgIpc) is 2.93. The Hall–Kier alpha value is -2.75. The van der Waals surface area contributed by atoms with Gasteiger partial charge >= 0.3 is 5.97 Å². The van der Waals surface area contributed by atoms with Gasteiger partial charge in [0.1, 0.15) is 0 Å². The molecule has 2 rings (SSSR count). The number of nitrogens with zero attached hydrogens (tertiary/aromatic N) is 4. The normalized spacial score (nSPS) is 11.3. The molecule has 0 saturated heterocycles. The minimum atomic E-state index is -0.770. The van der Waals surface area contributed by atoms with Crippen molar-refractivity contribution in [3.63, 3.8) is 0 Å². The van der Waals surface area contributed by atoms with E-state index in [0.717, 1.165) is 0 Å². The largest absolute Gasteiger partial charge is 0.387 e. The van der Waals surface area contributed by atoms with Crippen molar-refractivity contribution >= 4 is 33.4 Å².